The molecule has 0 aliphatic rings. The average Bonchev–Trinajstić information content (AvgIpc) is 3.45. The molecule has 0 atom stereocenters. The maximum absolute atomic E-state index is 6.56. The van der Waals surface area contributed by atoms with Gasteiger partial charge in [0.2, 0.25) is 0 Å². The van der Waals surface area contributed by atoms with Crippen LogP contribution in [0.4, 0.5) is 0 Å². The summed E-state index contributed by atoms with van der Waals surface area (Å²) in [6.45, 7) is 0. The number of thiophene rings is 1. The second-order valence-electron chi connectivity index (χ2n) is 9.10. The standard InChI is InChI=1S/C32H18ClNS/c33-28-11-5-10-26-27-18-21(14-17-29(27)35-32(26)28)34-30-22-8-3-1-6-19(22)12-15-24(30)25-16-13-20-7-2-4-9-23(20)31(25)34/h1-18H. The van der Waals surface area contributed by atoms with Crippen LogP contribution in [0.25, 0.3) is 69.2 Å². The lowest BCUT2D eigenvalue weighted by Crippen LogP contribution is -1.95. The molecule has 6 aromatic carbocycles. The fourth-order valence-electron chi connectivity index (χ4n) is 5.69. The summed E-state index contributed by atoms with van der Waals surface area (Å²) in [4.78, 5) is 0. The third-order valence-corrected chi connectivity index (χ3v) is 8.88. The van der Waals surface area contributed by atoms with Crippen LogP contribution in [0.3, 0.4) is 0 Å². The van der Waals surface area contributed by atoms with Crippen molar-refractivity contribution in [3.05, 3.63) is 114 Å². The number of halogens is 1. The molecule has 0 radical (unpaired) electrons. The van der Waals surface area contributed by atoms with Gasteiger partial charge < -0.3 is 4.57 Å². The maximum atomic E-state index is 6.56. The molecule has 35 heavy (non-hydrogen) atoms. The lowest BCUT2D eigenvalue weighted by molar-refractivity contribution is 1.20. The molecule has 2 aromatic heterocycles. The Hall–Kier alpha value is -3.85. The van der Waals surface area contributed by atoms with Crippen molar-refractivity contribution in [3.63, 3.8) is 0 Å². The molecule has 8 aromatic rings. The first-order valence-corrected chi connectivity index (χ1v) is 12.9. The minimum atomic E-state index is 0.819. The summed E-state index contributed by atoms with van der Waals surface area (Å²) in [6.07, 6.45) is 0. The monoisotopic (exact) mass is 483 g/mol. The van der Waals surface area contributed by atoms with Gasteiger partial charge in [-0.05, 0) is 35.0 Å². The molecule has 0 saturated heterocycles. The summed E-state index contributed by atoms with van der Waals surface area (Å²) >= 11 is 8.33. The summed E-state index contributed by atoms with van der Waals surface area (Å²) < 4.78 is 4.88. The third kappa shape index (κ3) is 2.64. The van der Waals surface area contributed by atoms with E-state index in [-0.39, 0.29) is 0 Å². The number of nitrogens with zero attached hydrogens (tertiary/aromatic N) is 1. The maximum Gasteiger partial charge on any atom is 0.0619 e. The smallest absolute Gasteiger partial charge is 0.0619 e. The molecule has 0 N–H and O–H groups in total. The van der Waals surface area contributed by atoms with Crippen LogP contribution in [-0.4, -0.2) is 4.57 Å². The molecular formula is C32H18ClNS. The van der Waals surface area contributed by atoms with Crippen molar-refractivity contribution in [1.82, 2.24) is 4.57 Å². The third-order valence-electron chi connectivity index (χ3n) is 7.23. The van der Waals surface area contributed by atoms with E-state index in [1.807, 2.05) is 12.1 Å². The fraction of sp³-hybridized carbons (Fsp3) is 0. The molecule has 3 heteroatoms. The van der Waals surface area contributed by atoms with E-state index in [1.165, 1.54) is 64.5 Å². The molecule has 2 heterocycles. The summed E-state index contributed by atoms with van der Waals surface area (Å²) in [5.74, 6) is 0. The van der Waals surface area contributed by atoms with Crippen LogP contribution in [0.15, 0.2) is 109 Å². The second kappa shape index (κ2) is 7.08. The first-order chi connectivity index (χ1) is 17.3. The van der Waals surface area contributed by atoms with Crippen molar-refractivity contribution in [2.75, 3.05) is 0 Å². The quantitative estimate of drug-likeness (QED) is 0.219. The second-order valence-corrected chi connectivity index (χ2v) is 10.6. The molecule has 0 aliphatic heterocycles. The number of hydrogen-bond donors (Lipinski definition) is 0. The van der Waals surface area contributed by atoms with Crippen molar-refractivity contribution in [1.29, 1.82) is 0 Å². The molecule has 0 spiro atoms. The van der Waals surface area contributed by atoms with Crippen LogP contribution in [0, 0.1) is 0 Å². The first-order valence-electron chi connectivity index (χ1n) is 11.7. The van der Waals surface area contributed by atoms with Crippen LogP contribution in [0.2, 0.25) is 5.02 Å². The predicted molar refractivity (Wildman–Crippen MR) is 154 cm³/mol. The zero-order valence-corrected chi connectivity index (χ0v) is 20.2. The van der Waals surface area contributed by atoms with E-state index in [2.05, 4.69) is 102 Å². The van der Waals surface area contributed by atoms with Crippen molar-refractivity contribution in [2.45, 2.75) is 0 Å². The van der Waals surface area contributed by atoms with Crippen molar-refractivity contribution >= 4 is 86.5 Å². The highest BCUT2D eigenvalue weighted by Gasteiger charge is 2.18. The van der Waals surface area contributed by atoms with E-state index >= 15 is 0 Å². The fourth-order valence-corrected chi connectivity index (χ4v) is 7.07. The van der Waals surface area contributed by atoms with Crippen molar-refractivity contribution in [3.8, 4) is 5.69 Å². The van der Waals surface area contributed by atoms with Gasteiger partial charge in [0.15, 0.2) is 0 Å². The molecule has 0 aliphatic carbocycles. The van der Waals surface area contributed by atoms with Gasteiger partial charge in [0.05, 0.1) is 20.8 Å². The molecule has 0 bridgehead atoms. The van der Waals surface area contributed by atoms with Gasteiger partial charge in [-0.3, -0.25) is 0 Å². The summed E-state index contributed by atoms with van der Waals surface area (Å²) in [6, 6.07) is 39.5. The van der Waals surface area contributed by atoms with Gasteiger partial charge in [-0.25, -0.2) is 0 Å². The number of benzene rings is 6. The highest BCUT2D eigenvalue weighted by Crippen LogP contribution is 2.42. The Morgan fingerprint density at radius 2 is 1.14 bits per heavy atom. The van der Waals surface area contributed by atoms with Gasteiger partial charge in [0.1, 0.15) is 0 Å². The van der Waals surface area contributed by atoms with Gasteiger partial charge in [-0.1, -0.05) is 96.5 Å². The summed E-state index contributed by atoms with van der Waals surface area (Å²) in [5.41, 5.74) is 3.68. The zero-order valence-electron chi connectivity index (χ0n) is 18.6. The molecule has 1 nitrogen and oxygen atoms in total. The number of aromatic nitrogens is 1. The Kier molecular flexibility index (Phi) is 3.94. The lowest BCUT2D eigenvalue weighted by atomic mass is 10.0. The Labute approximate surface area is 210 Å². The van der Waals surface area contributed by atoms with Crippen LogP contribution < -0.4 is 0 Å². The molecular weight excluding hydrogens is 466 g/mol. The Balaban J connectivity index is 1.61. The van der Waals surface area contributed by atoms with Gasteiger partial charge in [-0.15, -0.1) is 11.3 Å². The van der Waals surface area contributed by atoms with Crippen LogP contribution >= 0.6 is 22.9 Å². The molecule has 164 valence electrons. The van der Waals surface area contributed by atoms with Crippen LogP contribution in [-0.2, 0) is 0 Å². The zero-order chi connectivity index (χ0) is 23.1. The highest BCUT2D eigenvalue weighted by molar-refractivity contribution is 7.26. The number of rotatable bonds is 1. The topological polar surface area (TPSA) is 4.93 Å². The van der Waals surface area contributed by atoms with E-state index in [0.29, 0.717) is 0 Å². The normalized spacial score (nSPS) is 12.1. The molecule has 0 unspecified atom stereocenters. The van der Waals surface area contributed by atoms with Crippen LogP contribution in [0.5, 0.6) is 0 Å². The molecule has 0 saturated carbocycles. The van der Waals surface area contributed by atoms with E-state index in [9.17, 15) is 0 Å². The van der Waals surface area contributed by atoms with Crippen molar-refractivity contribution in [2.24, 2.45) is 0 Å². The average molecular weight is 484 g/mol. The Morgan fingerprint density at radius 3 is 1.83 bits per heavy atom. The molecule has 0 fully saturated rings. The van der Waals surface area contributed by atoms with Crippen LogP contribution in [0.1, 0.15) is 0 Å². The lowest BCUT2D eigenvalue weighted by Gasteiger charge is -2.12. The van der Waals surface area contributed by atoms with E-state index in [0.717, 1.165) is 9.72 Å². The molecule has 8 rings (SSSR count). The summed E-state index contributed by atoms with van der Waals surface area (Å²) in [5, 5.41) is 10.9. The van der Waals surface area contributed by atoms with Gasteiger partial charge in [-0.2, -0.15) is 0 Å². The van der Waals surface area contributed by atoms with Gasteiger partial charge in [0, 0.05) is 42.7 Å². The minimum absolute atomic E-state index is 0.819. The molecule has 0 amide bonds. The summed E-state index contributed by atoms with van der Waals surface area (Å²) in [7, 11) is 0. The first kappa shape index (κ1) is 19.5. The van der Waals surface area contributed by atoms with E-state index < -0.39 is 0 Å². The Bertz CT molecular complexity index is 2040. The predicted octanol–water partition coefficient (Wildman–Crippen LogP) is 10.1. The van der Waals surface area contributed by atoms with E-state index in [4.69, 9.17) is 11.6 Å². The number of hydrogen-bond acceptors (Lipinski definition) is 1. The highest BCUT2D eigenvalue weighted by atomic mass is 35.5. The Morgan fingerprint density at radius 1 is 0.514 bits per heavy atom. The van der Waals surface area contributed by atoms with Gasteiger partial charge >= 0.3 is 0 Å². The van der Waals surface area contributed by atoms with Crippen molar-refractivity contribution < 1.29 is 0 Å². The van der Waals surface area contributed by atoms with E-state index in [1.54, 1.807) is 11.3 Å². The SMILES string of the molecule is Clc1cccc2c1sc1ccc(-n3c4c5ccccc5ccc4c4ccc5ccccc5c43)cc12. The van der Waals surface area contributed by atoms with Gasteiger partial charge in [0.25, 0.3) is 0 Å². The minimum Gasteiger partial charge on any atom is -0.308 e. The number of fused-ring (bicyclic) bond motifs is 10. The largest absolute Gasteiger partial charge is 0.308 e.